The molecule has 35 heavy (non-hydrogen) atoms. The van der Waals surface area contributed by atoms with Crippen LogP contribution in [0.15, 0.2) is 48.5 Å². The number of alkyl carbamates (subject to hydrolysis) is 1. The summed E-state index contributed by atoms with van der Waals surface area (Å²) in [5, 5.41) is 11.7. The van der Waals surface area contributed by atoms with E-state index in [0.29, 0.717) is 25.9 Å². The van der Waals surface area contributed by atoms with E-state index < -0.39 is 17.5 Å². The van der Waals surface area contributed by atoms with Gasteiger partial charge in [0.2, 0.25) is 5.91 Å². The lowest BCUT2D eigenvalue weighted by atomic mass is 9.67. The number of carboxylic acids is 1. The maximum Gasteiger partial charge on any atom is 0.407 e. The number of unbranched alkanes of at least 4 members (excludes halogenated alkanes) is 1. The van der Waals surface area contributed by atoms with Crippen LogP contribution in [0, 0.1) is 5.41 Å². The third-order valence-electron chi connectivity index (χ3n) is 7.42. The van der Waals surface area contributed by atoms with E-state index in [1.54, 1.807) is 4.90 Å². The number of hydrogen-bond donors (Lipinski definition) is 2. The molecule has 0 saturated heterocycles. The van der Waals surface area contributed by atoms with E-state index in [9.17, 15) is 14.4 Å². The lowest BCUT2D eigenvalue weighted by Gasteiger charge is -2.43. The molecule has 0 spiro atoms. The Morgan fingerprint density at radius 3 is 2.20 bits per heavy atom. The van der Waals surface area contributed by atoms with Crippen LogP contribution < -0.4 is 5.32 Å². The van der Waals surface area contributed by atoms with Crippen molar-refractivity contribution in [3.63, 3.8) is 0 Å². The molecule has 0 heterocycles. The van der Waals surface area contributed by atoms with Crippen molar-refractivity contribution in [3.8, 4) is 11.1 Å². The molecule has 2 aliphatic rings. The van der Waals surface area contributed by atoms with E-state index in [1.165, 1.54) is 11.1 Å². The lowest BCUT2D eigenvalue weighted by Crippen LogP contribution is -2.54. The first-order chi connectivity index (χ1) is 16.9. The molecule has 0 unspecified atom stereocenters. The molecule has 1 fully saturated rings. The maximum absolute atomic E-state index is 13.3. The molecule has 186 valence electrons. The fourth-order valence-electron chi connectivity index (χ4n) is 5.28. The standard InChI is InChI=1S/C28H34N2O5/c1-2-30(17-8-7-14-25(31)32)26(33)28(15-9-16-28)19-29-27(34)35-18-24-22-12-5-3-10-20(22)21-11-4-6-13-23(21)24/h3-6,10-13,24H,2,7-9,14-19H2,1H3,(H,29,34)(H,31,32). The van der Waals surface area contributed by atoms with Gasteiger partial charge in [-0.2, -0.15) is 0 Å². The molecule has 0 aromatic heterocycles. The number of aliphatic carboxylic acids is 1. The Morgan fingerprint density at radius 2 is 1.66 bits per heavy atom. The Balaban J connectivity index is 1.31. The van der Waals surface area contributed by atoms with Gasteiger partial charge in [0.15, 0.2) is 0 Å². The highest BCUT2D eigenvalue weighted by Crippen LogP contribution is 2.45. The second kappa shape index (κ2) is 10.9. The number of benzene rings is 2. The SMILES string of the molecule is CCN(CCCCC(=O)O)C(=O)C1(CNC(=O)OCC2c3ccccc3-c3ccccc32)CCC1. The zero-order valence-electron chi connectivity index (χ0n) is 20.3. The minimum atomic E-state index is -0.817. The predicted molar refractivity (Wildman–Crippen MR) is 133 cm³/mol. The summed E-state index contributed by atoms with van der Waals surface area (Å²) in [5.41, 5.74) is 4.09. The Kier molecular flexibility index (Phi) is 7.73. The second-order valence-corrected chi connectivity index (χ2v) is 9.55. The summed E-state index contributed by atoms with van der Waals surface area (Å²) in [6.45, 7) is 3.54. The van der Waals surface area contributed by atoms with Crippen molar-refractivity contribution < 1.29 is 24.2 Å². The van der Waals surface area contributed by atoms with Gasteiger partial charge in [-0.05, 0) is 54.9 Å². The molecule has 1 saturated carbocycles. The van der Waals surface area contributed by atoms with Gasteiger partial charge >= 0.3 is 12.1 Å². The van der Waals surface area contributed by atoms with Gasteiger partial charge in [-0.3, -0.25) is 9.59 Å². The number of nitrogens with zero attached hydrogens (tertiary/aromatic N) is 1. The van der Waals surface area contributed by atoms with Crippen molar-refractivity contribution in [2.45, 2.75) is 51.4 Å². The van der Waals surface area contributed by atoms with Crippen molar-refractivity contribution in [2.24, 2.45) is 5.41 Å². The minimum absolute atomic E-state index is 0.00571. The Morgan fingerprint density at radius 1 is 1.03 bits per heavy atom. The van der Waals surface area contributed by atoms with E-state index in [0.717, 1.165) is 30.4 Å². The average molecular weight is 479 g/mol. The summed E-state index contributed by atoms with van der Waals surface area (Å²) in [6, 6.07) is 16.4. The number of ether oxygens (including phenoxy) is 1. The normalized spacial score (nSPS) is 15.5. The van der Waals surface area contributed by atoms with Crippen molar-refractivity contribution in [1.29, 1.82) is 0 Å². The molecule has 0 aliphatic heterocycles. The average Bonchev–Trinajstić information content (AvgIpc) is 3.15. The number of nitrogens with one attached hydrogen (secondary N) is 1. The van der Waals surface area contributed by atoms with Crippen LogP contribution in [-0.4, -0.2) is 54.2 Å². The monoisotopic (exact) mass is 478 g/mol. The summed E-state index contributed by atoms with van der Waals surface area (Å²) in [7, 11) is 0. The Bertz CT molecular complexity index is 1030. The number of carboxylic acid groups (broad SMARTS) is 1. The van der Waals surface area contributed by atoms with Gasteiger partial charge in [-0.1, -0.05) is 55.0 Å². The van der Waals surface area contributed by atoms with Crippen LogP contribution in [0.3, 0.4) is 0 Å². The first-order valence-corrected chi connectivity index (χ1v) is 12.6. The van der Waals surface area contributed by atoms with E-state index in [-0.39, 0.29) is 31.4 Å². The number of carbonyl (C=O) groups is 3. The maximum atomic E-state index is 13.3. The first-order valence-electron chi connectivity index (χ1n) is 12.6. The summed E-state index contributed by atoms with van der Waals surface area (Å²) >= 11 is 0. The Labute approximate surface area is 206 Å². The van der Waals surface area contributed by atoms with Gasteiger partial charge in [0.1, 0.15) is 6.61 Å². The third-order valence-corrected chi connectivity index (χ3v) is 7.42. The summed E-state index contributed by atoms with van der Waals surface area (Å²) in [5.74, 6) is -0.781. The summed E-state index contributed by atoms with van der Waals surface area (Å²) in [6.07, 6.45) is 3.23. The van der Waals surface area contributed by atoms with Crippen LogP contribution in [-0.2, 0) is 14.3 Å². The smallest absolute Gasteiger partial charge is 0.407 e. The van der Waals surface area contributed by atoms with Crippen molar-refractivity contribution in [2.75, 3.05) is 26.2 Å². The van der Waals surface area contributed by atoms with Crippen LogP contribution in [0.4, 0.5) is 4.79 Å². The van der Waals surface area contributed by atoms with Gasteiger partial charge in [-0.25, -0.2) is 4.79 Å². The number of amides is 2. The molecule has 2 N–H and O–H groups in total. The van der Waals surface area contributed by atoms with Crippen molar-refractivity contribution in [1.82, 2.24) is 10.2 Å². The Hall–Kier alpha value is -3.35. The molecule has 0 atom stereocenters. The van der Waals surface area contributed by atoms with Crippen LogP contribution in [0.1, 0.15) is 62.5 Å². The van der Waals surface area contributed by atoms with Crippen molar-refractivity contribution in [3.05, 3.63) is 59.7 Å². The van der Waals surface area contributed by atoms with Crippen LogP contribution in [0.25, 0.3) is 11.1 Å². The second-order valence-electron chi connectivity index (χ2n) is 9.55. The molecule has 7 nitrogen and oxygen atoms in total. The highest BCUT2D eigenvalue weighted by molar-refractivity contribution is 5.84. The van der Waals surface area contributed by atoms with Crippen LogP contribution in [0.2, 0.25) is 0 Å². The number of hydrogen-bond acceptors (Lipinski definition) is 4. The molecule has 2 aromatic carbocycles. The summed E-state index contributed by atoms with van der Waals surface area (Å²) in [4.78, 5) is 38.4. The fourth-order valence-corrected chi connectivity index (χ4v) is 5.28. The molecular weight excluding hydrogens is 444 g/mol. The molecule has 2 amide bonds. The fraction of sp³-hybridized carbons (Fsp3) is 0.464. The molecule has 2 aliphatic carbocycles. The van der Waals surface area contributed by atoms with Gasteiger partial charge < -0.3 is 20.1 Å². The molecule has 2 aromatic rings. The molecule has 0 bridgehead atoms. The van der Waals surface area contributed by atoms with Crippen LogP contribution in [0.5, 0.6) is 0 Å². The number of carbonyl (C=O) groups excluding carboxylic acids is 2. The largest absolute Gasteiger partial charge is 0.481 e. The quantitative estimate of drug-likeness (QED) is 0.453. The molecule has 7 heteroatoms. The van der Waals surface area contributed by atoms with Crippen molar-refractivity contribution >= 4 is 18.0 Å². The van der Waals surface area contributed by atoms with Gasteiger partial charge in [0, 0.05) is 32.0 Å². The zero-order chi connectivity index (χ0) is 24.8. The lowest BCUT2D eigenvalue weighted by molar-refractivity contribution is -0.147. The topological polar surface area (TPSA) is 95.9 Å². The third kappa shape index (κ3) is 5.34. The summed E-state index contributed by atoms with van der Waals surface area (Å²) < 4.78 is 5.64. The van der Waals surface area contributed by atoms with Gasteiger partial charge in [-0.15, -0.1) is 0 Å². The van der Waals surface area contributed by atoms with E-state index in [1.807, 2.05) is 31.2 Å². The van der Waals surface area contributed by atoms with E-state index in [2.05, 4.69) is 29.6 Å². The van der Waals surface area contributed by atoms with E-state index >= 15 is 0 Å². The van der Waals surface area contributed by atoms with Crippen LogP contribution >= 0.6 is 0 Å². The number of fused-ring (bicyclic) bond motifs is 3. The molecule has 0 radical (unpaired) electrons. The highest BCUT2D eigenvalue weighted by atomic mass is 16.5. The zero-order valence-corrected chi connectivity index (χ0v) is 20.3. The van der Waals surface area contributed by atoms with Gasteiger partial charge in [0.25, 0.3) is 0 Å². The van der Waals surface area contributed by atoms with E-state index in [4.69, 9.17) is 9.84 Å². The highest BCUT2D eigenvalue weighted by Gasteiger charge is 2.46. The predicted octanol–water partition coefficient (Wildman–Crippen LogP) is 4.80. The molecule has 4 rings (SSSR count). The van der Waals surface area contributed by atoms with Gasteiger partial charge in [0.05, 0.1) is 5.41 Å². The number of rotatable bonds is 11. The first kappa shape index (κ1) is 24.8. The molecular formula is C28H34N2O5. The minimum Gasteiger partial charge on any atom is -0.481 e.